The first-order valence-corrected chi connectivity index (χ1v) is 13.1. The lowest BCUT2D eigenvalue weighted by Gasteiger charge is -2.18. The molecule has 35 heavy (non-hydrogen) atoms. The summed E-state index contributed by atoms with van der Waals surface area (Å²) in [7, 11) is 0. The van der Waals surface area contributed by atoms with Crippen LogP contribution in [0.3, 0.4) is 0 Å². The molecule has 1 aliphatic heterocycles. The summed E-state index contributed by atoms with van der Waals surface area (Å²) >= 11 is 0. The summed E-state index contributed by atoms with van der Waals surface area (Å²) < 4.78 is 9.76. The molecule has 9 nitrogen and oxygen atoms in total. The van der Waals surface area contributed by atoms with Crippen LogP contribution in [-0.2, 0) is 28.7 Å². The summed E-state index contributed by atoms with van der Waals surface area (Å²) in [6.45, 7) is 1.67. The van der Waals surface area contributed by atoms with Gasteiger partial charge in [0.2, 0.25) is 5.91 Å². The topological polar surface area (TPSA) is 139 Å². The molecule has 1 aliphatic rings. The van der Waals surface area contributed by atoms with Gasteiger partial charge in [0.15, 0.2) is 12.2 Å². The highest BCUT2D eigenvalue weighted by Crippen LogP contribution is 2.17. The maximum absolute atomic E-state index is 12.3. The van der Waals surface area contributed by atoms with E-state index in [1.165, 1.54) is 38.5 Å². The molecular formula is C26H43NO8. The molecular weight excluding hydrogens is 454 g/mol. The average molecular weight is 498 g/mol. The lowest BCUT2D eigenvalue weighted by molar-refractivity contribution is -0.180. The van der Waals surface area contributed by atoms with Gasteiger partial charge in [-0.3, -0.25) is 9.59 Å². The smallest absolute Gasteiger partial charge is 0.355 e. The fourth-order valence-corrected chi connectivity index (χ4v) is 3.80. The zero-order valence-electron chi connectivity index (χ0n) is 21.0. The van der Waals surface area contributed by atoms with Crippen molar-refractivity contribution in [3.05, 3.63) is 12.2 Å². The Labute approximate surface area is 208 Å². The molecule has 200 valence electrons. The van der Waals surface area contributed by atoms with Crippen molar-refractivity contribution in [2.24, 2.45) is 5.92 Å². The van der Waals surface area contributed by atoms with E-state index < -0.39 is 48.5 Å². The van der Waals surface area contributed by atoms with Gasteiger partial charge in [-0.25, -0.2) is 9.59 Å². The minimum atomic E-state index is -1.86. The molecule has 1 rings (SSSR count). The number of allylic oxidation sites excluding steroid dienone is 2. The molecule has 3 unspecified atom stereocenters. The van der Waals surface area contributed by atoms with E-state index in [0.29, 0.717) is 13.0 Å². The van der Waals surface area contributed by atoms with Gasteiger partial charge in [-0.15, -0.1) is 0 Å². The number of unbranched alkanes of at least 4 members (excludes halogenated alkanes) is 10. The zero-order valence-corrected chi connectivity index (χ0v) is 21.0. The molecule has 0 aromatic carbocycles. The van der Waals surface area contributed by atoms with Crippen LogP contribution in [0.15, 0.2) is 12.2 Å². The summed E-state index contributed by atoms with van der Waals surface area (Å²) in [5, 5.41) is 20.7. The third-order valence-corrected chi connectivity index (χ3v) is 5.98. The second-order valence-corrected chi connectivity index (χ2v) is 9.02. The third kappa shape index (κ3) is 13.4. The third-order valence-electron chi connectivity index (χ3n) is 5.98. The first-order valence-electron chi connectivity index (χ1n) is 13.1. The standard InChI is InChI=1S/C26H43NO8/c1-2-3-4-5-6-7-8-9-10-11-12-13-14-15-16-22(26(33)35-25(32)21(29)19-28)34-24(31)20-17-18-27-23(20)30/h9-10,20-22,28-29H,2-8,11-19H2,1H3,(H,27,30)/b10-9-. The molecule has 9 heteroatoms. The van der Waals surface area contributed by atoms with Crippen LogP contribution in [0.2, 0.25) is 0 Å². The fraction of sp³-hybridized carbons (Fsp3) is 0.769. The highest BCUT2D eigenvalue weighted by Gasteiger charge is 2.36. The van der Waals surface area contributed by atoms with Crippen LogP contribution in [0.5, 0.6) is 0 Å². The molecule has 1 heterocycles. The van der Waals surface area contributed by atoms with Crippen molar-refractivity contribution < 1.29 is 38.9 Å². The average Bonchev–Trinajstić information content (AvgIpc) is 3.28. The number of ether oxygens (including phenoxy) is 2. The van der Waals surface area contributed by atoms with Crippen LogP contribution >= 0.6 is 0 Å². The monoisotopic (exact) mass is 497 g/mol. The van der Waals surface area contributed by atoms with Crippen molar-refractivity contribution in [3.8, 4) is 0 Å². The van der Waals surface area contributed by atoms with Crippen molar-refractivity contribution >= 4 is 23.8 Å². The molecule has 1 saturated heterocycles. The number of hydrogen-bond acceptors (Lipinski definition) is 8. The van der Waals surface area contributed by atoms with E-state index >= 15 is 0 Å². The SMILES string of the molecule is CCCCCCCC/C=C\CCCCCCC(OC(=O)C1CCNC1=O)C(=O)OC(=O)C(O)CO. The van der Waals surface area contributed by atoms with E-state index in [1.807, 2.05) is 0 Å². The maximum Gasteiger partial charge on any atom is 0.355 e. The van der Waals surface area contributed by atoms with E-state index in [4.69, 9.17) is 9.84 Å². The van der Waals surface area contributed by atoms with E-state index in [0.717, 1.165) is 32.1 Å². The number of aliphatic hydroxyl groups is 2. The number of esters is 3. The Balaban J connectivity index is 2.34. The van der Waals surface area contributed by atoms with Crippen LogP contribution in [0.4, 0.5) is 0 Å². The van der Waals surface area contributed by atoms with Crippen molar-refractivity contribution in [1.29, 1.82) is 0 Å². The van der Waals surface area contributed by atoms with E-state index in [2.05, 4.69) is 29.1 Å². The minimum absolute atomic E-state index is 0.134. The quantitative estimate of drug-likeness (QED) is 0.107. The zero-order chi connectivity index (χ0) is 25.9. The molecule has 0 radical (unpaired) electrons. The lowest BCUT2D eigenvalue weighted by Crippen LogP contribution is -2.37. The second-order valence-electron chi connectivity index (χ2n) is 9.02. The number of rotatable bonds is 19. The Bertz CT molecular complexity index is 678. The summed E-state index contributed by atoms with van der Waals surface area (Å²) in [6.07, 6.45) is 14.8. The van der Waals surface area contributed by atoms with Gasteiger partial charge in [0.05, 0.1) is 6.61 Å². The van der Waals surface area contributed by atoms with E-state index in [1.54, 1.807) is 0 Å². The molecule has 1 fully saturated rings. The molecule has 3 atom stereocenters. The predicted octanol–water partition coefficient (Wildman–Crippen LogP) is 3.10. The number of carbonyl (C=O) groups is 4. The molecule has 0 aliphatic carbocycles. The Hall–Kier alpha value is -2.26. The lowest BCUT2D eigenvalue weighted by atomic mass is 10.1. The van der Waals surface area contributed by atoms with Gasteiger partial charge in [-0.1, -0.05) is 64.0 Å². The van der Waals surface area contributed by atoms with Crippen LogP contribution in [-0.4, -0.2) is 59.4 Å². The number of nitrogens with one attached hydrogen (secondary N) is 1. The first kappa shape index (κ1) is 30.8. The fourth-order valence-electron chi connectivity index (χ4n) is 3.80. The number of carbonyl (C=O) groups excluding carboxylic acids is 4. The van der Waals surface area contributed by atoms with Gasteiger partial charge < -0.3 is 25.0 Å². The van der Waals surface area contributed by atoms with Crippen LogP contribution < -0.4 is 5.32 Å². The summed E-state index contributed by atoms with van der Waals surface area (Å²) in [6, 6.07) is 0. The van der Waals surface area contributed by atoms with Crippen molar-refractivity contribution in [1.82, 2.24) is 5.32 Å². The van der Waals surface area contributed by atoms with Crippen molar-refractivity contribution in [2.75, 3.05) is 13.2 Å². The van der Waals surface area contributed by atoms with Crippen LogP contribution in [0.1, 0.15) is 96.8 Å². The first-order chi connectivity index (χ1) is 16.9. The Morgan fingerprint density at radius 2 is 1.57 bits per heavy atom. The van der Waals surface area contributed by atoms with Crippen LogP contribution in [0, 0.1) is 5.92 Å². The van der Waals surface area contributed by atoms with E-state index in [-0.39, 0.29) is 12.8 Å². The Kier molecular flexibility index (Phi) is 16.7. The molecule has 0 aromatic rings. The van der Waals surface area contributed by atoms with Crippen molar-refractivity contribution in [3.63, 3.8) is 0 Å². The number of hydrogen-bond donors (Lipinski definition) is 3. The molecule has 1 amide bonds. The molecule has 0 saturated carbocycles. The van der Waals surface area contributed by atoms with Gasteiger partial charge in [0, 0.05) is 6.54 Å². The van der Waals surface area contributed by atoms with Crippen molar-refractivity contribution in [2.45, 2.75) is 109 Å². The number of aliphatic hydroxyl groups excluding tert-OH is 2. The summed E-state index contributed by atoms with van der Waals surface area (Å²) in [5.74, 6) is -4.73. The van der Waals surface area contributed by atoms with Gasteiger partial charge in [-0.05, 0) is 44.9 Å². The highest BCUT2D eigenvalue weighted by molar-refractivity contribution is 6.00. The maximum atomic E-state index is 12.3. The molecule has 0 aromatic heterocycles. The van der Waals surface area contributed by atoms with Gasteiger partial charge in [-0.2, -0.15) is 0 Å². The second kappa shape index (κ2) is 19.0. The molecule has 0 spiro atoms. The van der Waals surface area contributed by atoms with Gasteiger partial charge in [0.25, 0.3) is 0 Å². The molecule has 0 bridgehead atoms. The number of amides is 1. The van der Waals surface area contributed by atoms with Crippen LogP contribution in [0.25, 0.3) is 0 Å². The Morgan fingerprint density at radius 1 is 0.971 bits per heavy atom. The summed E-state index contributed by atoms with van der Waals surface area (Å²) in [4.78, 5) is 48.0. The van der Waals surface area contributed by atoms with E-state index in [9.17, 15) is 24.3 Å². The predicted molar refractivity (Wildman–Crippen MR) is 130 cm³/mol. The Morgan fingerprint density at radius 3 is 2.14 bits per heavy atom. The largest absolute Gasteiger partial charge is 0.450 e. The summed E-state index contributed by atoms with van der Waals surface area (Å²) in [5.41, 5.74) is 0. The molecule has 3 N–H and O–H groups in total. The van der Waals surface area contributed by atoms with Gasteiger partial charge in [0.1, 0.15) is 5.92 Å². The normalized spacial score (nSPS) is 17.2. The highest BCUT2D eigenvalue weighted by atomic mass is 16.6. The minimum Gasteiger partial charge on any atom is -0.450 e. The van der Waals surface area contributed by atoms with Gasteiger partial charge >= 0.3 is 17.9 Å².